The fourth-order valence-corrected chi connectivity index (χ4v) is 3.39. The van der Waals surface area contributed by atoms with Gasteiger partial charge in [-0.2, -0.15) is 5.10 Å². The van der Waals surface area contributed by atoms with E-state index in [1.54, 1.807) is 0 Å². The normalized spacial score (nSPS) is 20.7. The second kappa shape index (κ2) is 6.08. The average Bonchev–Trinajstić information content (AvgIpc) is 2.85. The first-order valence-corrected chi connectivity index (χ1v) is 7.76. The summed E-state index contributed by atoms with van der Waals surface area (Å²) in [7, 11) is 2.10. The van der Waals surface area contributed by atoms with Crippen molar-refractivity contribution in [2.75, 3.05) is 7.05 Å². The molecular formula is C16H29N3. The van der Waals surface area contributed by atoms with Crippen molar-refractivity contribution in [1.82, 2.24) is 15.1 Å². The fourth-order valence-electron chi connectivity index (χ4n) is 3.39. The standard InChI is InChI=1S/C16H29N3/c1-13(2)19-11-8-14(18-19)12-15(17-4)16(3)9-6-5-7-10-16/h8,11,13,15,17H,5-7,9-10,12H2,1-4H3. The zero-order valence-electron chi connectivity index (χ0n) is 12.9. The number of hydrogen-bond acceptors (Lipinski definition) is 2. The van der Waals surface area contributed by atoms with E-state index in [-0.39, 0.29) is 0 Å². The fraction of sp³-hybridized carbons (Fsp3) is 0.812. The van der Waals surface area contributed by atoms with Crippen LogP contribution in [0.15, 0.2) is 12.3 Å². The Labute approximate surface area is 117 Å². The maximum atomic E-state index is 4.70. The predicted molar refractivity (Wildman–Crippen MR) is 80.4 cm³/mol. The molecule has 1 heterocycles. The zero-order chi connectivity index (χ0) is 13.9. The number of rotatable bonds is 5. The molecule has 0 radical (unpaired) electrons. The van der Waals surface area contributed by atoms with E-state index in [1.165, 1.54) is 37.8 Å². The number of nitrogens with zero attached hydrogens (tertiary/aromatic N) is 2. The summed E-state index contributed by atoms with van der Waals surface area (Å²) < 4.78 is 2.06. The highest BCUT2D eigenvalue weighted by Gasteiger charge is 2.34. The second-order valence-corrected chi connectivity index (χ2v) is 6.64. The SMILES string of the molecule is CNC(Cc1ccn(C(C)C)n1)C1(C)CCCCC1. The Morgan fingerprint density at radius 2 is 2.00 bits per heavy atom. The van der Waals surface area contributed by atoms with Gasteiger partial charge in [0.15, 0.2) is 0 Å². The summed E-state index contributed by atoms with van der Waals surface area (Å²) in [5.74, 6) is 0. The van der Waals surface area contributed by atoms with Crippen LogP contribution in [0, 0.1) is 5.41 Å². The molecule has 1 atom stereocenters. The molecular weight excluding hydrogens is 234 g/mol. The minimum Gasteiger partial charge on any atom is -0.316 e. The van der Waals surface area contributed by atoms with Crippen LogP contribution in [0.2, 0.25) is 0 Å². The summed E-state index contributed by atoms with van der Waals surface area (Å²) >= 11 is 0. The van der Waals surface area contributed by atoms with Crippen LogP contribution in [0.1, 0.15) is 64.6 Å². The maximum absolute atomic E-state index is 4.70. The first-order valence-electron chi connectivity index (χ1n) is 7.76. The van der Waals surface area contributed by atoms with Crippen molar-refractivity contribution >= 4 is 0 Å². The summed E-state index contributed by atoms with van der Waals surface area (Å²) in [5.41, 5.74) is 1.66. The van der Waals surface area contributed by atoms with Crippen molar-refractivity contribution in [1.29, 1.82) is 0 Å². The topological polar surface area (TPSA) is 29.9 Å². The Balaban J connectivity index is 2.05. The van der Waals surface area contributed by atoms with Crippen LogP contribution < -0.4 is 5.32 Å². The van der Waals surface area contributed by atoms with Crippen LogP contribution in [0.25, 0.3) is 0 Å². The van der Waals surface area contributed by atoms with Gasteiger partial charge in [-0.25, -0.2) is 0 Å². The van der Waals surface area contributed by atoms with Gasteiger partial charge in [-0.05, 0) is 45.2 Å². The molecule has 19 heavy (non-hydrogen) atoms. The summed E-state index contributed by atoms with van der Waals surface area (Å²) in [6.07, 6.45) is 10.0. The third-order valence-electron chi connectivity index (χ3n) is 4.79. The number of aromatic nitrogens is 2. The van der Waals surface area contributed by atoms with Gasteiger partial charge in [0.1, 0.15) is 0 Å². The molecule has 0 aliphatic heterocycles. The molecule has 3 heteroatoms. The van der Waals surface area contributed by atoms with Gasteiger partial charge in [0.05, 0.1) is 5.69 Å². The third-order valence-corrected chi connectivity index (χ3v) is 4.79. The highest BCUT2D eigenvalue weighted by atomic mass is 15.3. The van der Waals surface area contributed by atoms with Gasteiger partial charge in [0.25, 0.3) is 0 Å². The second-order valence-electron chi connectivity index (χ2n) is 6.64. The van der Waals surface area contributed by atoms with Crippen LogP contribution >= 0.6 is 0 Å². The van der Waals surface area contributed by atoms with E-state index < -0.39 is 0 Å². The lowest BCUT2D eigenvalue weighted by Gasteiger charge is -2.40. The maximum Gasteiger partial charge on any atom is 0.0640 e. The predicted octanol–water partition coefficient (Wildman–Crippen LogP) is 3.56. The van der Waals surface area contributed by atoms with Gasteiger partial charge >= 0.3 is 0 Å². The minimum atomic E-state index is 0.439. The van der Waals surface area contributed by atoms with Crippen LogP contribution in [-0.2, 0) is 6.42 Å². The van der Waals surface area contributed by atoms with Gasteiger partial charge < -0.3 is 5.32 Å². The molecule has 1 aliphatic rings. The molecule has 0 amide bonds. The van der Waals surface area contributed by atoms with E-state index in [4.69, 9.17) is 5.10 Å². The number of nitrogens with one attached hydrogen (secondary N) is 1. The third kappa shape index (κ3) is 3.38. The molecule has 0 bridgehead atoms. The van der Waals surface area contributed by atoms with E-state index in [9.17, 15) is 0 Å². The quantitative estimate of drug-likeness (QED) is 0.880. The summed E-state index contributed by atoms with van der Waals surface area (Å²) in [5, 5.41) is 8.25. The first-order chi connectivity index (χ1) is 9.05. The molecule has 1 fully saturated rings. The molecule has 1 aromatic rings. The van der Waals surface area contributed by atoms with Gasteiger partial charge in [0, 0.05) is 24.7 Å². The van der Waals surface area contributed by atoms with Gasteiger partial charge in [0.2, 0.25) is 0 Å². The highest BCUT2D eigenvalue weighted by Crippen LogP contribution is 2.39. The van der Waals surface area contributed by atoms with Crippen LogP contribution in [0.4, 0.5) is 0 Å². The summed E-state index contributed by atoms with van der Waals surface area (Å²) in [6, 6.07) is 3.17. The van der Waals surface area contributed by atoms with Crippen molar-refractivity contribution in [2.24, 2.45) is 5.41 Å². The van der Waals surface area contributed by atoms with Crippen molar-refractivity contribution in [3.8, 4) is 0 Å². The molecule has 2 rings (SSSR count). The highest BCUT2D eigenvalue weighted by molar-refractivity contribution is 5.05. The van der Waals surface area contributed by atoms with Crippen LogP contribution in [0.5, 0.6) is 0 Å². The zero-order valence-corrected chi connectivity index (χ0v) is 12.9. The largest absolute Gasteiger partial charge is 0.316 e. The Morgan fingerprint density at radius 1 is 1.32 bits per heavy atom. The van der Waals surface area contributed by atoms with Crippen molar-refractivity contribution in [3.05, 3.63) is 18.0 Å². The van der Waals surface area contributed by atoms with Crippen LogP contribution in [-0.4, -0.2) is 22.9 Å². The molecule has 1 N–H and O–H groups in total. The summed E-state index contributed by atoms with van der Waals surface area (Å²) in [4.78, 5) is 0. The lowest BCUT2D eigenvalue weighted by molar-refractivity contribution is 0.148. The molecule has 1 saturated carbocycles. The molecule has 3 nitrogen and oxygen atoms in total. The molecule has 0 spiro atoms. The molecule has 0 saturated heterocycles. The lowest BCUT2D eigenvalue weighted by atomic mass is 9.69. The van der Waals surface area contributed by atoms with Crippen molar-refractivity contribution in [3.63, 3.8) is 0 Å². The number of hydrogen-bond donors (Lipinski definition) is 1. The minimum absolute atomic E-state index is 0.439. The van der Waals surface area contributed by atoms with Crippen molar-refractivity contribution < 1.29 is 0 Å². The van der Waals surface area contributed by atoms with E-state index in [2.05, 4.69) is 50.1 Å². The Kier molecular flexibility index (Phi) is 4.67. The summed E-state index contributed by atoms with van der Waals surface area (Å²) in [6.45, 7) is 6.80. The Morgan fingerprint density at radius 3 is 2.53 bits per heavy atom. The molecule has 1 aromatic heterocycles. The Hall–Kier alpha value is -0.830. The van der Waals surface area contributed by atoms with Crippen LogP contribution in [0.3, 0.4) is 0 Å². The first kappa shape index (κ1) is 14.6. The van der Waals surface area contributed by atoms with Gasteiger partial charge in [-0.3, -0.25) is 4.68 Å². The lowest BCUT2D eigenvalue weighted by Crippen LogP contribution is -2.44. The molecule has 108 valence electrons. The number of likely N-dealkylation sites (N-methyl/N-ethyl adjacent to an activating group) is 1. The Bertz CT molecular complexity index is 388. The monoisotopic (exact) mass is 263 g/mol. The van der Waals surface area contributed by atoms with E-state index in [0.29, 0.717) is 17.5 Å². The van der Waals surface area contributed by atoms with Crippen molar-refractivity contribution in [2.45, 2.75) is 71.4 Å². The van der Waals surface area contributed by atoms with E-state index in [1.807, 2.05) is 0 Å². The molecule has 1 aliphatic carbocycles. The van der Waals surface area contributed by atoms with E-state index in [0.717, 1.165) is 6.42 Å². The van der Waals surface area contributed by atoms with Gasteiger partial charge in [-0.1, -0.05) is 26.2 Å². The smallest absolute Gasteiger partial charge is 0.0640 e. The molecule has 1 unspecified atom stereocenters. The average molecular weight is 263 g/mol. The molecule has 0 aromatic carbocycles. The van der Waals surface area contributed by atoms with E-state index >= 15 is 0 Å². The van der Waals surface area contributed by atoms with Gasteiger partial charge in [-0.15, -0.1) is 0 Å².